The fraction of sp³-hybridized carbons (Fsp3) is 0.440. The number of carboxylic acids is 1. The molecule has 9 heteroatoms. The molecule has 176 valence electrons. The Morgan fingerprint density at radius 1 is 1.12 bits per heavy atom. The van der Waals surface area contributed by atoms with E-state index < -0.39 is 52.3 Å². The monoisotopic (exact) mass is 464 g/mol. The van der Waals surface area contributed by atoms with Crippen LogP contribution in [0.2, 0.25) is 0 Å². The number of piperidine rings is 1. The van der Waals surface area contributed by atoms with Crippen LogP contribution in [0.3, 0.4) is 0 Å². The van der Waals surface area contributed by atoms with Gasteiger partial charge in [0.15, 0.2) is 11.8 Å². The number of fused-ring (bicyclic) bond motifs is 1. The molecule has 4 fully saturated rings. The van der Waals surface area contributed by atoms with E-state index in [2.05, 4.69) is 0 Å². The first kappa shape index (κ1) is 20.9. The molecular weight excluding hydrogens is 440 g/mol. The highest BCUT2D eigenvalue weighted by atomic mass is 16.6. The summed E-state index contributed by atoms with van der Waals surface area (Å²) in [5.74, 6) is -2.46. The Labute approximate surface area is 195 Å². The number of amides is 2. The summed E-state index contributed by atoms with van der Waals surface area (Å²) in [5, 5.41) is 10.1. The molecule has 4 aliphatic rings. The summed E-state index contributed by atoms with van der Waals surface area (Å²) in [4.78, 5) is 55.0. The summed E-state index contributed by atoms with van der Waals surface area (Å²) in [6, 6.07) is 10.6. The molecule has 34 heavy (non-hydrogen) atoms. The number of carboxylic acid groups (broad SMARTS) is 1. The smallest absolute Gasteiger partial charge is 0.412 e. The molecule has 1 aromatic heterocycles. The summed E-state index contributed by atoms with van der Waals surface area (Å²) in [6.07, 6.45) is 0.898. The van der Waals surface area contributed by atoms with Crippen LogP contribution < -0.4 is 0 Å². The van der Waals surface area contributed by atoms with Gasteiger partial charge in [0.25, 0.3) is 0 Å². The summed E-state index contributed by atoms with van der Waals surface area (Å²) in [7, 11) is 0. The van der Waals surface area contributed by atoms with Gasteiger partial charge >= 0.3 is 12.1 Å². The van der Waals surface area contributed by atoms with Gasteiger partial charge in [-0.25, -0.2) is 9.59 Å². The zero-order valence-corrected chi connectivity index (χ0v) is 18.9. The number of ether oxygens (including phenoxy) is 1. The number of nitrogens with zero attached hydrogens (tertiary/aromatic N) is 2. The van der Waals surface area contributed by atoms with Crippen molar-refractivity contribution < 1.29 is 33.4 Å². The Kier molecular flexibility index (Phi) is 3.87. The van der Waals surface area contributed by atoms with Gasteiger partial charge in [-0.2, -0.15) is 0 Å². The first-order valence-electron chi connectivity index (χ1n) is 11.3. The molecule has 2 aliphatic heterocycles. The number of rotatable bonds is 6. The number of hydrogen-bond donors (Lipinski definition) is 1. The third kappa shape index (κ3) is 2.15. The lowest BCUT2D eigenvalue weighted by Gasteiger charge is -2.56. The van der Waals surface area contributed by atoms with Gasteiger partial charge in [-0.3, -0.25) is 19.4 Å². The van der Waals surface area contributed by atoms with Crippen LogP contribution in [0.15, 0.2) is 53.1 Å². The van der Waals surface area contributed by atoms with E-state index in [1.165, 1.54) is 11.2 Å². The molecule has 2 saturated carbocycles. The average molecular weight is 464 g/mol. The maximum Gasteiger partial charge on any atom is 0.412 e. The van der Waals surface area contributed by atoms with Crippen LogP contribution in [0.5, 0.6) is 0 Å². The number of likely N-dealkylation sites (tertiary alicyclic amines) is 1. The van der Waals surface area contributed by atoms with Gasteiger partial charge < -0.3 is 14.3 Å². The lowest BCUT2D eigenvalue weighted by molar-refractivity contribution is -0.191. The lowest BCUT2D eigenvalue weighted by Crippen LogP contribution is -2.76. The minimum absolute atomic E-state index is 0.0752. The van der Waals surface area contributed by atoms with Crippen molar-refractivity contribution in [1.82, 2.24) is 9.80 Å². The van der Waals surface area contributed by atoms with Crippen molar-refractivity contribution in [3.63, 3.8) is 0 Å². The lowest BCUT2D eigenvalue weighted by atomic mass is 9.77. The zero-order chi connectivity index (χ0) is 24.2. The van der Waals surface area contributed by atoms with Gasteiger partial charge in [-0.1, -0.05) is 51.1 Å². The number of ketones is 1. The topological polar surface area (TPSA) is 117 Å². The van der Waals surface area contributed by atoms with Crippen LogP contribution in [0.1, 0.15) is 44.1 Å². The fourth-order valence-corrected chi connectivity index (χ4v) is 6.43. The summed E-state index contributed by atoms with van der Waals surface area (Å²) >= 11 is 0. The predicted molar refractivity (Wildman–Crippen MR) is 115 cm³/mol. The molecule has 0 bridgehead atoms. The number of furan rings is 1. The second kappa shape index (κ2) is 6.28. The Balaban J connectivity index is 1.47. The molecule has 2 aliphatic carbocycles. The number of cyclic esters (lactones) is 1. The average Bonchev–Trinajstić information content (AvgIpc) is 3.38. The Hall–Kier alpha value is -3.62. The van der Waals surface area contributed by atoms with Gasteiger partial charge in [0, 0.05) is 17.3 Å². The van der Waals surface area contributed by atoms with Crippen molar-refractivity contribution in [1.29, 1.82) is 0 Å². The highest BCUT2D eigenvalue weighted by molar-refractivity contribution is 6.15. The van der Waals surface area contributed by atoms with E-state index >= 15 is 0 Å². The zero-order valence-electron chi connectivity index (χ0n) is 18.9. The molecule has 1 aromatic carbocycles. The number of carbonyl (C=O) groups excluding carboxylic acids is 3. The second-order valence-corrected chi connectivity index (χ2v) is 10.5. The fourth-order valence-electron chi connectivity index (χ4n) is 6.43. The molecule has 1 unspecified atom stereocenters. The molecule has 6 rings (SSSR count). The molecule has 1 spiro atoms. The largest absolute Gasteiger partial charge is 0.479 e. The molecule has 9 nitrogen and oxygen atoms in total. The van der Waals surface area contributed by atoms with E-state index in [0.29, 0.717) is 5.76 Å². The number of carbonyl (C=O) groups is 4. The molecule has 2 amide bonds. The Morgan fingerprint density at radius 2 is 1.82 bits per heavy atom. The number of Topliss-reactive ketones (excluding diaryl/α,β-unsaturated/α-hetero) is 1. The van der Waals surface area contributed by atoms with Crippen molar-refractivity contribution >= 4 is 23.8 Å². The predicted octanol–water partition coefficient (Wildman–Crippen LogP) is 2.79. The Morgan fingerprint density at radius 3 is 2.38 bits per heavy atom. The minimum atomic E-state index is -1.70. The first-order valence-corrected chi connectivity index (χ1v) is 11.3. The van der Waals surface area contributed by atoms with E-state index in [0.717, 1.165) is 10.5 Å². The van der Waals surface area contributed by atoms with E-state index in [-0.39, 0.29) is 18.4 Å². The molecule has 2 saturated heterocycles. The first-order chi connectivity index (χ1) is 16.1. The van der Waals surface area contributed by atoms with Crippen LogP contribution in [0.25, 0.3) is 0 Å². The summed E-state index contributed by atoms with van der Waals surface area (Å²) in [5.41, 5.74) is -2.42. The van der Waals surface area contributed by atoms with Crippen molar-refractivity contribution in [3.05, 3.63) is 60.1 Å². The number of aliphatic carboxylic acids is 1. The quantitative estimate of drug-likeness (QED) is 0.516. The van der Waals surface area contributed by atoms with Crippen molar-refractivity contribution in [3.8, 4) is 0 Å². The third-order valence-electron chi connectivity index (χ3n) is 7.86. The standard InChI is InChI=1S/C25H24N2O7/c1-23(2,3)19(28)17(20(29)30)27-21(31)24-16(15-10-7-11-33-15)18(24)25(24,27)26-14(12-34-22(26)32)13-8-5-4-6-9-13/h4-11,14,16-18H,12H2,1-3H3,(H,29,30)/t14-,16?,17-,18+,24+,25+/m1/s1. The normalized spacial score (nSPS) is 34.0. The van der Waals surface area contributed by atoms with Crippen molar-refractivity contribution in [2.75, 3.05) is 6.61 Å². The highest BCUT2D eigenvalue weighted by Crippen LogP contribution is 2.98. The minimum Gasteiger partial charge on any atom is -0.479 e. The van der Waals surface area contributed by atoms with E-state index in [9.17, 15) is 24.3 Å². The third-order valence-corrected chi connectivity index (χ3v) is 7.86. The maximum atomic E-state index is 13.7. The number of β-lactam (4-membered cyclic amide) rings is 1. The molecule has 3 heterocycles. The van der Waals surface area contributed by atoms with Gasteiger partial charge in [-0.15, -0.1) is 0 Å². The molecule has 2 aromatic rings. The SMILES string of the molecule is CC(C)(C)C(=O)[C@H](C(=O)O)N1C(=O)[C@]23C(c4ccco4)[C@@H]2[C@]13N1C(=O)OC[C@@H]1c1ccccc1. The molecular formula is C25H24N2O7. The molecule has 6 atom stereocenters. The van der Waals surface area contributed by atoms with Gasteiger partial charge in [0.2, 0.25) is 5.91 Å². The van der Waals surface area contributed by atoms with Crippen molar-refractivity contribution in [2.24, 2.45) is 16.7 Å². The summed E-state index contributed by atoms with van der Waals surface area (Å²) in [6.45, 7) is 4.93. The number of benzene rings is 1. The molecule has 1 N–H and O–H groups in total. The van der Waals surface area contributed by atoms with E-state index in [1.807, 2.05) is 30.3 Å². The maximum absolute atomic E-state index is 13.7. The van der Waals surface area contributed by atoms with Gasteiger partial charge in [0.05, 0.1) is 12.3 Å². The van der Waals surface area contributed by atoms with Crippen LogP contribution >= 0.6 is 0 Å². The number of hydrogen-bond acceptors (Lipinski definition) is 6. The van der Waals surface area contributed by atoms with Crippen LogP contribution in [-0.2, 0) is 19.1 Å². The van der Waals surface area contributed by atoms with E-state index in [4.69, 9.17) is 9.15 Å². The van der Waals surface area contributed by atoms with Gasteiger partial charge in [-0.05, 0) is 17.7 Å². The second-order valence-electron chi connectivity index (χ2n) is 10.5. The van der Waals surface area contributed by atoms with Crippen LogP contribution in [0.4, 0.5) is 4.79 Å². The van der Waals surface area contributed by atoms with Gasteiger partial charge in [0.1, 0.15) is 23.4 Å². The van der Waals surface area contributed by atoms with Crippen LogP contribution in [-0.4, -0.2) is 57.0 Å². The summed E-state index contributed by atoms with van der Waals surface area (Å²) < 4.78 is 11.0. The Bertz CT molecular complexity index is 1230. The molecule has 0 radical (unpaired) electrons. The van der Waals surface area contributed by atoms with Crippen LogP contribution in [0, 0.1) is 16.7 Å². The van der Waals surface area contributed by atoms with E-state index in [1.54, 1.807) is 32.9 Å². The highest BCUT2D eigenvalue weighted by Gasteiger charge is 3.12. The van der Waals surface area contributed by atoms with Crippen molar-refractivity contribution in [2.45, 2.75) is 44.4 Å².